The first-order chi connectivity index (χ1) is 9.33. The minimum absolute atomic E-state index is 0.180. The van der Waals surface area contributed by atoms with Crippen molar-refractivity contribution in [2.24, 2.45) is 0 Å². The Bertz CT molecular complexity index is 441. The molecule has 2 fully saturated rings. The van der Waals surface area contributed by atoms with E-state index < -0.39 is 0 Å². The van der Waals surface area contributed by atoms with Crippen LogP contribution >= 0.6 is 0 Å². The summed E-state index contributed by atoms with van der Waals surface area (Å²) in [5, 5.41) is 0. The Hall–Kier alpha value is -1.62. The Labute approximate surface area is 112 Å². The van der Waals surface area contributed by atoms with E-state index >= 15 is 0 Å². The van der Waals surface area contributed by atoms with Crippen LogP contribution < -0.4 is 9.64 Å². The second-order valence-electron chi connectivity index (χ2n) is 4.93. The van der Waals surface area contributed by atoms with Crippen molar-refractivity contribution in [3.8, 4) is 5.88 Å². The van der Waals surface area contributed by atoms with Gasteiger partial charge in [-0.1, -0.05) is 0 Å². The zero-order chi connectivity index (χ0) is 13.1. The molecule has 0 aliphatic carbocycles. The highest BCUT2D eigenvalue weighted by atomic mass is 16.5. The Morgan fingerprint density at radius 1 is 1.32 bits per heavy atom. The lowest BCUT2D eigenvalue weighted by atomic mass is 10.1. The average molecular weight is 262 g/mol. The SMILES string of the molecule is O=C1CCCN1c1ccc(OC2CCOCC2)nc1. The minimum Gasteiger partial charge on any atom is -0.474 e. The molecule has 0 saturated carbocycles. The second kappa shape index (κ2) is 5.57. The second-order valence-corrected chi connectivity index (χ2v) is 4.93. The van der Waals surface area contributed by atoms with Crippen molar-refractivity contribution in [2.45, 2.75) is 31.8 Å². The van der Waals surface area contributed by atoms with Crippen molar-refractivity contribution >= 4 is 11.6 Å². The molecule has 1 aromatic heterocycles. The molecular formula is C14H18N2O3. The maximum Gasteiger partial charge on any atom is 0.227 e. The van der Waals surface area contributed by atoms with E-state index in [1.165, 1.54) is 0 Å². The van der Waals surface area contributed by atoms with Crippen LogP contribution in [-0.4, -0.2) is 36.8 Å². The number of hydrogen-bond donors (Lipinski definition) is 0. The first-order valence-electron chi connectivity index (χ1n) is 6.84. The van der Waals surface area contributed by atoms with Crippen molar-refractivity contribution in [1.29, 1.82) is 0 Å². The van der Waals surface area contributed by atoms with E-state index in [4.69, 9.17) is 9.47 Å². The van der Waals surface area contributed by atoms with Crippen LogP contribution in [0.5, 0.6) is 5.88 Å². The summed E-state index contributed by atoms with van der Waals surface area (Å²) in [5.74, 6) is 0.808. The van der Waals surface area contributed by atoms with Crippen LogP contribution in [0.3, 0.4) is 0 Å². The zero-order valence-corrected chi connectivity index (χ0v) is 10.9. The van der Waals surface area contributed by atoms with Crippen LogP contribution in [0.25, 0.3) is 0 Å². The number of pyridine rings is 1. The Morgan fingerprint density at radius 2 is 2.16 bits per heavy atom. The molecule has 0 spiro atoms. The van der Waals surface area contributed by atoms with E-state index in [1.807, 2.05) is 12.1 Å². The van der Waals surface area contributed by atoms with Gasteiger partial charge in [-0.3, -0.25) is 4.79 Å². The highest BCUT2D eigenvalue weighted by Crippen LogP contribution is 2.23. The van der Waals surface area contributed by atoms with Crippen molar-refractivity contribution in [1.82, 2.24) is 4.98 Å². The lowest BCUT2D eigenvalue weighted by Crippen LogP contribution is -2.26. The van der Waals surface area contributed by atoms with E-state index in [0.29, 0.717) is 12.3 Å². The van der Waals surface area contributed by atoms with Gasteiger partial charge in [-0.05, 0) is 12.5 Å². The molecule has 102 valence electrons. The van der Waals surface area contributed by atoms with E-state index in [2.05, 4.69) is 4.98 Å². The van der Waals surface area contributed by atoms with Crippen LogP contribution in [0.1, 0.15) is 25.7 Å². The molecule has 3 rings (SSSR count). The third kappa shape index (κ3) is 2.87. The monoisotopic (exact) mass is 262 g/mol. The number of aromatic nitrogens is 1. The molecule has 0 atom stereocenters. The molecule has 1 aromatic rings. The quantitative estimate of drug-likeness (QED) is 0.833. The topological polar surface area (TPSA) is 51.7 Å². The first kappa shape index (κ1) is 12.4. The van der Waals surface area contributed by atoms with Crippen molar-refractivity contribution in [2.75, 3.05) is 24.7 Å². The lowest BCUT2D eigenvalue weighted by Gasteiger charge is -2.23. The van der Waals surface area contributed by atoms with E-state index in [0.717, 1.165) is 44.7 Å². The predicted octanol–water partition coefficient (Wildman–Crippen LogP) is 1.77. The maximum absolute atomic E-state index is 11.6. The molecule has 5 heteroatoms. The van der Waals surface area contributed by atoms with Crippen LogP contribution in [-0.2, 0) is 9.53 Å². The highest BCUT2D eigenvalue weighted by molar-refractivity contribution is 5.95. The van der Waals surface area contributed by atoms with Gasteiger partial charge in [0.1, 0.15) is 6.10 Å². The molecule has 0 N–H and O–H groups in total. The number of anilines is 1. The van der Waals surface area contributed by atoms with Gasteiger partial charge in [0.05, 0.1) is 25.1 Å². The third-order valence-electron chi connectivity index (χ3n) is 3.56. The summed E-state index contributed by atoms with van der Waals surface area (Å²) in [6.45, 7) is 2.30. The van der Waals surface area contributed by atoms with E-state index in [9.17, 15) is 4.79 Å². The van der Waals surface area contributed by atoms with Gasteiger partial charge >= 0.3 is 0 Å². The molecule has 5 nitrogen and oxygen atoms in total. The Balaban J connectivity index is 1.63. The van der Waals surface area contributed by atoms with Gasteiger partial charge in [-0.25, -0.2) is 4.98 Å². The van der Waals surface area contributed by atoms with Crippen molar-refractivity contribution < 1.29 is 14.3 Å². The Morgan fingerprint density at radius 3 is 2.79 bits per heavy atom. The molecule has 2 aliphatic rings. The molecular weight excluding hydrogens is 244 g/mol. The summed E-state index contributed by atoms with van der Waals surface area (Å²) >= 11 is 0. The maximum atomic E-state index is 11.6. The molecule has 0 aromatic carbocycles. The van der Waals surface area contributed by atoms with E-state index in [-0.39, 0.29) is 12.0 Å². The first-order valence-corrected chi connectivity index (χ1v) is 6.84. The number of rotatable bonds is 3. The number of carbonyl (C=O) groups is 1. The number of carbonyl (C=O) groups excluding carboxylic acids is 1. The smallest absolute Gasteiger partial charge is 0.227 e. The van der Waals surface area contributed by atoms with Gasteiger partial charge in [0, 0.05) is 31.9 Å². The summed E-state index contributed by atoms with van der Waals surface area (Å²) in [5.41, 5.74) is 0.863. The Kier molecular flexibility index (Phi) is 3.64. The largest absolute Gasteiger partial charge is 0.474 e. The highest BCUT2D eigenvalue weighted by Gasteiger charge is 2.22. The number of hydrogen-bond acceptors (Lipinski definition) is 4. The summed E-state index contributed by atoms with van der Waals surface area (Å²) in [6, 6.07) is 3.75. The van der Waals surface area contributed by atoms with Crippen molar-refractivity contribution in [3.05, 3.63) is 18.3 Å². The molecule has 1 amide bonds. The minimum atomic E-state index is 0.180. The summed E-state index contributed by atoms with van der Waals surface area (Å²) < 4.78 is 11.1. The third-order valence-corrected chi connectivity index (χ3v) is 3.56. The van der Waals surface area contributed by atoms with Gasteiger partial charge in [-0.2, -0.15) is 0 Å². The number of amides is 1. The molecule has 19 heavy (non-hydrogen) atoms. The number of ether oxygens (including phenoxy) is 2. The van der Waals surface area contributed by atoms with Crippen LogP contribution in [0, 0.1) is 0 Å². The van der Waals surface area contributed by atoms with Crippen LogP contribution in [0.2, 0.25) is 0 Å². The molecule has 0 bridgehead atoms. The van der Waals surface area contributed by atoms with Gasteiger partial charge < -0.3 is 14.4 Å². The van der Waals surface area contributed by atoms with Gasteiger partial charge in [-0.15, -0.1) is 0 Å². The lowest BCUT2D eigenvalue weighted by molar-refractivity contribution is -0.117. The number of nitrogens with zero attached hydrogens (tertiary/aromatic N) is 2. The molecule has 2 aliphatic heterocycles. The zero-order valence-electron chi connectivity index (χ0n) is 10.9. The van der Waals surface area contributed by atoms with Crippen molar-refractivity contribution in [3.63, 3.8) is 0 Å². The van der Waals surface area contributed by atoms with Gasteiger partial charge in [0.25, 0.3) is 0 Å². The fourth-order valence-corrected chi connectivity index (χ4v) is 2.49. The molecule has 0 unspecified atom stereocenters. The predicted molar refractivity (Wildman–Crippen MR) is 70.3 cm³/mol. The van der Waals surface area contributed by atoms with Gasteiger partial charge in [0.2, 0.25) is 11.8 Å². The average Bonchev–Trinajstić information content (AvgIpc) is 2.87. The standard InChI is InChI=1S/C14H18N2O3/c17-14-2-1-7-16(14)11-3-4-13(15-10-11)19-12-5-8-18-9-6-12/h3-4,10,12H,1-2,5-9H2. The summed E-state index contributed by atoms with van der Waals surface area (Å²) in [7, 11) is 0. The van der Waals surface area contributed by atoms with Crippen LogP contribution in [0.4, 0.5) is 5.69 Å². The normalized spacial score (nSPS) is 20.8. The fourth-order valence-electron chi connectivity index (χ4n) is 2.49. The summed E-state index contributed by atoms with van der Waals surface area (Å²) in [6.07, 6.45) is 5.31. The fraction of sp³-hybridized carbons (Fsp3) is 0.571. The van der Waals surface area contributed by atoms with Gasteiger partial charge in [0.15, 0.2) is 0 Å². The summed E-state index contributed by atoms with van der Waals surface area (Å²) in [4.78, 5) is 17.7. The van der Waals surface area contributed by atoms with E-state index in [1.54, 1.807) is 11.1 Å². The molecule has 3 heterocycles. The van der Waals surface area contributed by atoms with Crippen LogP contribution in [0.15, 0.2) is 18.3 Å². The molecule has 0 radical (unpaired) electrons. The molecule has 2 saturated heterocycles.